The highest BCUT2D eigenvalue weighted by atomic mass is 16.5. The number of aryl methyl sites for hydroxylation is 1. The van der Waals surface area contributed by atoms with Crippen LogP contribution < -0.4 is 10.5 Å². The van der Waals surface area contributed by atoms with E-state index in [-0.39, 0.29) is 12.0 Å². The van der Waals surface area contributed by atoms with Gasteiger partial charge < -0.3 is 20.3 Å². The van der Waals surface area contributed by atoms with Crippen molar-refractivity contribution in [2.24, 2.45) is 5.73 Å². The zero-order valence-corrected chi connectivity index (χ0v) is 17.8. The van der Waals surface area contributed by atoms with E-state index in [4.69, 9.17) is 15.2 Å². The number of benzene rings is 2. The molecule has 160 valence electrons. The Morgan fingerprint density at radius 2 is 2.03 bits per heavy atom. The lowest BCUT2D eigenvalue weighted by molar-refractivity contribution is 0.0679. The van der Waals surface area contributed by atoms with Gasteiger partial charge in [0.15, 0.2) is 0 Å². The molecule has 1 aliphatic heterocycles. The number of carbonyl (C=O) groups is 1. The summed E-state index contributed by atoms with van der Waals surface area (Å²) >= 11 is 0. The number of nitrogens with two attached hydrogens (primary N) is 1. The van der Waals surface area contributed by atoms with Crippen LogP contribution in [0.25, 0.3) is 0 Å². The fourth-order valence-electron chi connectivity index (χ4n) is 4.56. The van der Waals surface area contributed by atoms with Crippen molar-refractivity contribution in [1.29, 1.82) is 0 Å². The van der Waals surface area contributed by atoms with Gasteiger partial charge in [0.25, 0.3) is 0 Å². The predicted molar refractivity (Wildman–Crippen MR) is 116 cm³/mol. The zero-order chi connectivity index (χ0) is 21.3. The topological polar surface area (TPSA) is 81.8 Å². The van der Waals surface area contributed by atoms with E-state index in [1.165, 1.54) is 11.1 Å². The summed E-state index contributed by atoms with van der Waals surface area (Å²) in [6.07, 6.45) is 4.93. The molecular weight excluding hydrogens is 378 g/mol. The molecule has 2 atom stereocenters. The summed E-state index contributed by atoms with van der Waals surface area (Å²) in [4.78, 5) is 12.1. The zero-order valence-electron chi connectivity index (χ0n) is 17.8. The van der Waals surface area contributed by atoms with E-state index in [9.17, 15) is 9.90 Å². The number of fused-ring (bicyclic) bond motifs is 1. The standard InChI is InChI=1S/C25H31NO4/c1-25(2,28)19-8-7-16-12-18(6-5-17(16)13-19)23-14-20(9-10-22(23)24(26)27)30-15-21-4-3-11-29-21/h7-10,13-14,18,21,28H,3-6,11-12,15H2,1-2H3,(H2,26,27)/t18-,21-/m0/s1. The van der Waals surface area contributed by atoms with Crippen LogP contribution in [0.4, 0.5) is 0 Å². The molecule has 5 heteroatoms. The number of hydrogen-bond donors (Lipinski definition) is 2. The summed E-state index contributed by atoms with van der Waals surface area (Å²) in [5.41, 5.74) is 9.84. The molecule has 0 bridgehead atoms. The van der Waals surface area contributed by atoms with Crippen molar-refractivity contribution in [3.8, 4) is 5.75 Å². The minimum Gasteiger partial charge on any atom is -0.491 e. The van der Waals surface area contributed by atoms with Crippen LogP contribution in [0, 0.1) is 0 Å². The van der Waals surface area contributed by atoms with Gasteiger partial charge in [-0.25, -0.2) is 0 Å². The normalized spacial score (nSPS) is 21.3. The van der Waals surface area contributed by atoms with Crippen LogP contribution in [0.3, 0.4) is 0 Å². The van der Waals surface area contributed by atoms with Gasteiger partial charge in [-0.3, -0.25) is 4.79 Å². The van der Waals surface area contributed by atoms with Gasteiger partial charge in [-0.15, -0.1) is 0 Å². The van der Waals surface area contributed by atoms with E-state index in [0.29, 0.717) is 12.2 Å². The largest absolute Gasteiger partial charge is 0.491 e. The van der Waals surface area contributed by atoms with Crippen molar-refractivity contribution in [2.45, 2.75) is 63.6 Å². The van der Waals surface area contributed by atoms with Crippen LogP contribution in [-0.2, 0) is 23.2 Å². The number of rotatable bonds is 6. The Kier molecular flexibility index (Phi) is 5.85. The molecule has 2 aromatic rings. The van der Waals surface area contributed by atoms with Gasteiger partial charge >= 0.3 is 0 Å². The third-order valence-electron chi connectivity index (χ3n) is 6.33. The average molecular weight is 410 g/mol. The molecule has 0 aromatic heterocycles. The highest BCUT2D eigenvalue weighted by Gasteiger charge is 2.26. The van der Waals surface area contributed by atoms with Gasteiger partial charge in [0.05, 0.1) is 11.7 Å². The number of aliphatic hydroxyl groups is 1. The molecule has 1 heterocycles. The summed E-state index contributed by atoms with van der Waals surface area (Å²) < 4.78 is 11.6. The molecule has 2 aliphatic rings. The molecule has 5 nitrogen and oxygen atoms in total. The molecule has 2 aromatic carbocycles. The second-order valence-electron chi connectivity index (χ2n) is 9.04. The van der Waals surface area contributed by atoms with Crippen molar-refractivity contribution in [3.05, 3.63) is 64.2 Å². The Morgan fingerprint density at radius 3 is 2.73 bits per heavy atom. The first-order valence-corrected chi connectivity index (χ1v) is 10.8. The summed E-state index contributed by atoms with van der Waals surface area (Å²) in [7, 11) is 0. The number of hydrogen-bond acceptors (Lipinski definition) is 4. The highest BCUT2D eigenvalue weighted by molar-refractivity contribution is 5.94. The van der Waals surface area contributed by atoms with E-state index >= 15 is 0 Å². The Bertz CT molecular complexity index is 925. The van der Waals surface area contributed by atoms with Gasteiger partial charge in [-0.1, -0.05) is 18.2 Å². The molecule has 3 N–H and O–H groups in total. The molecule has 30 heavy (non-hydrogen) atoms. The van der Waals surface area contributed by atoms with Crippen molar-refractivity contribution < 1.29 is 19.4 Å². The van der Waals surface area contributed by atoms with Crippen LogP contribution in [0.15, 0.2) is 36.4 Å². The Labute approximate surface area is 178 Å². The van der Waals surface area contributed by atoms with Gasteiger partial charge in [0, 0.05) is 12.2 Å². The number of primary amides is 1. The fourth-order valence-corrected chi connectivity index (χ4v) is 4.56. The third-order valence-corrected chi connectivity index (χ3v) is 6.33. The van der Waals surface area contributed by atoms with Crippen molar-refractivity contribution in [2.75, 3.05) is 13.2 Å². The quantitative estimate of drug-likeness (QED) is 0.759. The summed E-state index contributed by atoms with van der Waals surface area (Å²) in [6.45, 7) is 4.95. The first-order valence-electron chi connectivity index (χ1n) is 10.8. The molecule has 0 radical (unpaired) electrons. The predicted octanol–water partition coefficient (Wildman–Crippen LogP) is 3.84. The summed E-state index contributed by atoms with van der Waals surface area (Å²) in [5.74, 6) is 0.562. The van der Waals surface area contributed by atoms with Crippen molar-refractivity contribution >= 4 is 5.91 Å². The fraction of sp³-hybridized carbons (Fsp3) is 0.480. The Hall–Kier alpha value is -2.37. The molecular formula is C25H31NO4. The maximum atomic E-state index is 12.1. The van der Waals surface area contributed by atoms with E-state index < -0.39 is 11.5 Å². The smallest absolute Gasteiger partial charge is 0.248 e. The molecule has 4 rings (SSSR count). The monoisotopic (exact) mass is 409 g/mol. The maximum absolute atomic E-state index is 12.1. The lowest BCUT2D eigenvalue weighted by Gasteiger charge is -2.28. The van der Waals surface area contributed by atoms with Crippen LogP contribution in [0.1, 0.15) is 71.6 Å². The molecule has 1 aliphatic carbocycles. The van der Waals surface area contributed by atoms with Crippen LogP contribution in [0.2, 0.25) is 0 Å². The van der Waals surface area contributed by atoms with Crippen LogP contribution in [-0.4, -0.2) is 30.3 Å². The summed E-state index contributed by atoms with van der Waals surface area (Å²) in [6, 6.07) is 11.8. The number of ether oxygens (including phenoxy) is 2. The third kappa shape index (κ3) is 4.52. The van der Waals surface area contributed by atoms with Gasteiger partial charge in [-0.2, -0.15) is 0 Å². The van der Waals surface area contributed by atoms with E-state index in [2.05, 4.69) is 12.1 Å². The number of carbonyl (C=O) groups excluding carboxylic acids is 1. The van der Waals surface area contributed by atoms with Gasteiger partial charge in [0.1, 0.15) is 12.4 Å². The van der Waals surface area contributed by atoms with E-state index in [0.717, 1.165) is 55.6 Å². The molecule has 0 unspecified atom stereocenters. The SMILES string of the molecule is CC(C)(O)c1ccc2c(c1)CC[C@H](c1cc(OC[C@@H]3CCCO3)ccc1C(N)=O)C2. The minimum atomic E-state index is -0.848. The molecule has 1 saturated heterocycles. The molecule has 1 fully saturated rings. The van der Waals surface area contributed by atoms with Crippen LogP contribution in [0.5, 0.6) is 5.75 Å². The molecule has 0 saturated carbocycles. The van der Waals surface area contributed by atoms with E-state index in [1.54, 1.807) is 6.07 Å². The summed E-state index contributed by atoms with van der Waals surface area (Å²) in [5, 5.41) is 10.3. The number of amides is 1. The Morgan fingerprint density at radius 1 is 1.20 bits per heavy atom. The second kappa shape index (κ2) is 8.40. The first-order chi connectivity index (χ1) is 14.3. The van der Waals surface area contributed by atoms with Gasteiger partial charge in [-0.05, 0) is 92.3 Å². The first kappa shape index (κ1) is 20.9. The van der Waals surface area contributed by atoms with Gasteiger partial charge in [0.2, 0.25) is 5.91 Å². The minimum absolute atomic E-state index is 0.149. The second-order valence-corrected chi connectivity index (χ2v) is 9.04. The highest BCUT2D eigenvalue weighted by Crippen LogP contribution is 2.37. The average Bonchev–Trinajstić information content (AvgIpc) is 3.24. The van der Waals surface area contributed by atoms with Crippen LogP contribution >= 0.6 is 0 Å². The lowest BCUT2D eigenvalue weighted by atomic mass is 9.77. The van der Waals surface area contributed by atoms with E-state index in [1.807, 2.05) is 32.0 Å². The lowest BCUT2D eigenvalue weighted by Crippen LogP contribution is -2.21. The molecule has 0 spiro atoms. The van der Waals surface area contributed by atoms with Crippen molar-refractivity contribution in [1.82, 2.24) is 0 Å². The Balaban J connectivity index is 1.56. The molecule has 1 amide bonds. The maximum Gasteiger partial charge on any atom is 0.248 e. The van der Waals surface area contributed by atoms with Crippen molar-refractivity contribution in [3.63, 3.8) is 0 Å².